The molecule has 1 aromatic heterocycles. The first-order valence-corrected chi connectivity index (χ1v) is 13.1. The quantitative estimate of drug-likeness (QED) is 0.187. The topological polar surface area (TPSA) is 103 Å². The van der Waals surface area contributed by atoms with Gasteiger partial charge in [0.15, 0.2) is 5.11 Å². The molecule has 0 radical (unpaired) electrons. The van der Waals surface area contributed by atoms with Crippen molar-refractivity contribution in [2.45, 2.75) is 25.8 Å². The summed E-state index contributed by atoms with van der Waals surface area (Å²) >= 11 is 5.47. The molecule has 196 valence electrons. The number of aromatic nitrogens is 1. The summed E-state index contributed by atoms with van der Waals surface area (Å²) in [6, 6.07) is 23.7. The molecule has 5 rings (SSSR count). The van der Waals surface area contributed by atoms with Gasteiger partial charge in [-0.05, 0) is 53.7 Å². The molecule has 0 aliphatic carbocycles. The van der Waals surface area contributed by atoms with Gasteiger partial charge in [0.25, 0.3) is 17.7 Å². The van der Waals surface area contributed by atoms with Gasteiger partial charge >= 0.3 is 0 Å². The van der Waals surface area contributed by atoms with E-state index in [1.54, 1.807) is 30.5 Å². The SMILES string of the molecule is CCc1cnc(C(=O)NNC(=S)N[C@H](Cc2ccccc2)CN2C(=O)c3ccccc3C2=O)c2ccccc12. The molecular weight excluding hydrogens is 510 g/mol. The van der Waals surface area contributed by atoms with Gasteiger partial charge in [0.05, 0.1) is 17.2 Å². The number of carbonyl (C=O) groups excluding carboxylic acids is 3. The third-order valence-electron chi connectivity index (χ3n) is 6.70. The second-order valence-corrected chi connectivity index (χ2v) is 9.65. The Kier molecular flexibility index (Phi) is 7.60. The number of thiocarbonyl (C=S) groups is 1. The molecule has 0 saturated carbocycles. The summed E-state index contributed by atoms with van der Waals surface area (Å²) in [6.07, 6.45) is 3.01. The van der Waals surface area contributed by atoms with E-state index in [2.05, 4.69) is 21.2 Å². The van der Waals surface area contributed by atoms with Crippen molar-refractivity contribution in [1.82, 2.24) is 26.1 Å². The van der Waals surface area contributed by atoms with Crippen molar-refractivity contribution >= 4 is 45.8 Å². The van der Waals surface area contributed by atoms with E-state index in [0.717, 1.165) is 28.3 Å². The molecule has 0 fully saturated rings. The van der Waals surface area contributed by atoms with Crippen LogP contribution in [0.15, 0.2) is 85.1 Å². The zero-order chi connectivity index (χ0) is 27.4. The van der Waals surface area contributed by atoms with Crippen LogP contribution in [0.2, 0.25) is 0 Å². The second-order valence-electron chi connectivity index (χ2n) is 9.24. The maximum absolute atomic E-state index is 13.0. The minimum Gasteiger partial charge on any atom is -0.356 e. The second kappa shape index (κ2) is 11.4. The summed E-state index contributed by atoms with van der Waals surface area (Å²) in [5.74, 6) is -1.11. The highest BCUT2D eigenvalue weighted by molar-refractivity contribution is 7.80. The number of imide groups is 1. The smallest absolute Gasteiger partial charge is 0.288 e. The number of hydrogen-bond acceptors (Lipinski definition) is 5. The Hall–Kier alpha value is -4.63. The highest BCUT2D eigenvalue weighted by Gasteiger charge is 2.36. The van der Waals surface area contributed by atoms with Gasteiger partial charge < -0.3 is 5.32 Å². The molecule has 3 amide bonds. The summed E-state index contributed by atoms with van der Waals surface area (Å²) in [7, 11) is 0. The molecule has 0 unspecified atom stereocenters. The average Bonchev–Trinajstić information content (AvgIpc) is 3.20. The number of aryl methyl sites for hydroxylation is 1. The Morgan fingerprint density at radius 1 is 0.872 bits per heavy atom. The van der Waals surface area contributed by atoms with E-state index in [0.29, 0.717) is 17.5 Å². The average molecular weight is 538 g/mol. The van der Waals surface area contributed by atoms with Crippen LogP contribution in [0.1, 0.15) is 49.3 Å². The first-order valence-electron chi connectivity index (χ1n) is 12.7. The van der Waals surface area contributed by atoms with E-state index < -0.39 is 11.9 Å². The van der Waals surface area contributed by atoms with Crippen molar-refractivity contribution in [3.8, 4) is 0 Å². The predicted octanol–water partition coefficient (Wildman–Crippen LogP) is 3.81. The van der Waals surface area contributed by atoms with Gasteiger partial charge in [-0.1, -0.05) is 73.7 Å². The highest BCUT2D eigenvalue weighted by atomic mass is 32.1. The molecule has 0 saturated heterocycles. The summed E-state index contributed by atoms with van der Waals surface area (Å²) < 4.78 is 0. The molecule has 1 atom stereocenters. The van der Waals surface area contributed by atoms with Gasteiger partial charge in [0, 0.05) is 18.1 Å². The van der Waals surface area contributed by atoms with E-state index in [9.17, 15) is 14.4 Å². The summed E-state index contributed by atoms with van der Waals surface area (Å²) in [4.78, 5) is 44.6. The summed E-state index contributed by atoms with van der Waals surface area (Å²) in [5.41, 5.74) is 8.50. The molecule has 1 aliphatic heterocycles. The van der Waals surface area contributed by atoms with Crippen LogP contribution in [0.25, 0.3) is 10.8 Å². The molecule has 1 aliphatic rings. The number of carbonyl (C=O) groups is 3. The van der Waals surface area contributed by atoms with Crippen molar-refractivity contribution in [1.29, 1.82) is 0 Å². The van der Waals surface area contributed by atoms with E-state index in [-0.39, 0.29) is 29.2 Å². The normalized spacial score (nSPS) is 13.2. The Bertz CT molecular complexity index is 1540. The number of fused-ring (bicyclic) bond motifs is 2. The van der Waals surface area contributed by atoms with Crippen LogP contribution in [0, 0.1) is 0 Å². The largest absolute Gasteiger partial charge is 0.356 e. The third kappa shape index (κ3) is 5.49. The van der Waals surface area contributed by atoms with E-state index in [1.807, 2.05) is 61.5 Å². The molecule has 39 heavy (non-hydrogen) atoms. The number of hydrazine groups is 1. The van der Waals surface area contributed by atoms with Crippen LogP contribution < -0.4 is 16.2 Å². The van der Waals surface area contributed by atoms with Crippen LogP contribution >= 0.6 is 12.2 Å². The van der Waals surface area contributed by atoms with Crippen molar-refractivity contribution in [2.75, 3.05) is 6.54 Å². The lowest BCUT2D eigenvalue weighted by atomic mass is 10.0. The fourth-order valence-corrected chi connectivity index (χ4v) is 5.01. The molecule has 3 N–H and O–H groups in total. The number of nitrogens with one attached hydrogen (secondary N) is 3. The standard InChI is InChI=1S/C30H27N5O3S/c1-2-20-17-31-26(23-13-7-6-12-22(20)23)27(36)33-34-30(39)32-21(16-19-10-4-3-5-11-19)18-35-28(37)24-14-8-9-15-25(24)29(35)38/h3-15,17,21H,2,16,18H2,1H3,(H,33,36)(H2,32,34,39)/t21-/m1/s1. The molecular formula is C30H27N5O3S. The molecule has 0 bridgehead atoms. The molecule has 0 spiro atoms. The zero-order valence-corrected chi connectivity index (χ0v) is 22.1. The molecule has 4 aromatic rings. The number of hydrogen-bond donors (Lipinski definition) is 3. The fraction of sp³-hybridized carbons (Fsp3) is 0.167. The fourth-order valence-electron chi connectivity index (χ4n) is 4.79. The Morgan fingerprint density at radius 2 is 1.49 bits per heavy atom. The van der Waals surface area contributed by atoms with Gasteiger partial charge in [0.2, 0.25) is 0 Å². The van der Waals surface area contributed by atoms with E-state index in [4.69, 9.17) is 12.2 Å². The van der Waals surface area contributed by atoms with Crippen LogP contribution in [-0.4, -0.2) is 45.3 Å². The van der Waals surface area contributed by atoms with Crippen LogP contribution in [-0.2, 0) is 12.8 Å². The summed E-state index contributed by atoms with van der Waals surface area (Å²) in [6.45, 7) is 2.14. The number of nitrogens with zero attached hydrogens (tertiary/aromatic N) is 2. The van der Waals surface area contributed by atoms with Gasteiger partial charge in [-0.2, -0.15) is 0 Å². The van der Waals surface area contributed by atoms with E-state index in [1.165, 1.54) is 4.90 Å². The van der Waals surface area contributed by atoms with Gasteiger partial charge in [-0.15, -0.1) is 0 Å². The van der Waals surface area contributed by atoms with Gasteiger partial charge in [0.1, 0.15) is 5.69 Å². The first-order chi connectivity index (χ1) is 19.0. The van der Waals surface area contributed by atoms with Crippen LogP contribution in [0.3, 0.4) is 0 Å². The van der Waals surface area contributed by atoms with Crippen molar-refractivity contribution in [3.63, 3.8) is 0 Å². The Morgan fingerprint density at radius 3 is 2.15 bits per heavy atom. The lowest BCUT2D eigenvalue weighted by Crippen LogP contribution is -2.53. The minimum absolute atomic E-state index is 0.0989. The molecule has 3 aromatic carbocycles. The first kappa shape index (κ1) is 26.0. The number of amides is 3. The molecule has 2 heterocycles. The molecule has 9 heteroatoms. The number of benzene rings is 3. The van der Waals surface area contributed by atoms with E-state index >= 15 is 0 Å². The lowest BCUT2D eigenvalue weighted by Gasteiger charge is -2.25. The maximum Gasteiger partial charge on any atom is 0.288 e. The number of rotatable bonds is 7. The summed E-state index contributed by atoms with van der Waals surface area (Å²) in [5, 5.41) is 5.04. The molecule has 8 nitrogen and oxygen atoms in total. The minimum atomic E-state index is -0.432. The van der Waals surface area contributed by atoms with Gasteiger partial charge in [-0.3, -0.25) is 35.1 Å². The van der Waals surface area contributed by atoms with Crippen LogP contribution in [0.5, 0.6) is 0 Å². The monoisotopic (exact) mass is 537 g/mol. The van der Waals surface area contributed by atoms with Crippen molar-refractivity contribution < 1.29 is 14.4 Å². The predicted molar refractivity (Wildman–Crippen MR) is 153 cm³/mol. The van der Waals surface area contributed by atoms with Crippen molar-refractivity contribution in [2.24, 2.45) is 0 Å². The Balaban J connectivity index is 1.28. The zero-order valence-electron chi connectivity index (χ0n) is 21.3. The highest BCUT2D eigenvalue weighted by Crippen LogP contribution is 2.23. The third-order valence-corrected chi connectivity index (χ3v) is 6.92. The Labute approximate surface area is 231 Å². The van der Waals surface area contributed by atoms with Crippen LogP contribution in [0.4, 0.5) is 0 Å². The van der Waals surface area contributed by atoms with Crippen molar-refractivity contribution in [3.05, 3.63) is 113 Å². The maximum atomic E-state index is 13.0. The van der Waals surface area contributed by atoms with Gasteiger partial charge in [-0.25, -0.2) is 0 Å². The lowest BCUT2D eigenvalue weighted by molar-refractivity contribution is 0.0641. The number of pyridine rings is 1.